The Bertz CT molecular complexity index is 593. The van der Waals surface area contributed by atoms with E-state index in [0.29, 0.717) is 6.54 Å². The highest BCUT2D eigenvalue weighted by Crippen LogP contribution is 2.17. The summed E-state index contributed by atoms with van der Waals surface area (Å²) in [5.74, 6) is 1.72. The van der Waals surface area contributed by atoms with Gasteiger partial charge in [-0.1, -0.05) is 30.3 Å². The van der Waals surface area contributed by atoms with Crippen molar-refractivity contribution in [3.05, 3.63) is 60.1 Å². The fraction of sp³-hybridized carbons (Fsp3) is 0.389. The molecule has 2 rings (SSSR count). The third kappa shape index (κ3) is 4.86. The Labute approximate surface area is 138 Å². The molecule has 0 amide bonds. The highest BCUT2D eigenvalue weighted by Gasteiger charge is 2.17. The molecule has 23 heavy (non-hydrogen) atoms. The SMILES string of the molecule is CN=C(NCC(c1ccco1)N(C)C)NC(C)c1ccccc1. The van der Waals surface area contributed by atoms with Crippen molar-refractivity contribution in [2.24, 2.45) is 4.99 Å². The number of furan rings is 1. The number of aliphatic imine (C=N–C) groups is 1. The molecule has 124 valence electrons. The molecule has 0 saturated carbocycles. The zero-order valence-electron chi connectivity index (χ0n) is 14.3. The minimum absolute atomic E-state index is 0.149. The number of nitrogens with one attached hydrogen (secondary N) is 2. The monoisotopic (exact) mass is 314 g/mol. The van der Waals surface area contributed by atoms with Gasteiger partial charge in [-0.2, -0.15) is 0 Å². The summed E-state index contributed by atoms with van der Waals surface area (Å²) in [6.45, 7) is 2.83. The number of likely N-dealkylation sites (N-methyl/N-ethyl adjacent to an activating group) is 1. The van der Waals surface area contributed by atoms with Crippen LogP contribution in [0.5, 0.6) is 0 Å². The van der Waals surface area contributed by atoms with Crippen molar-refractivity contribution in [1.82, 2.24) is 15.5 Å². The van der Waals surface area contributed by atoms with Crippen molar-refractivity contribution in [2.45, 2.75) is 19.0 Å². The van der Waals surface area contributed by atoms with Gasteiger partial charge in [0.15, 0.2) is 5.96 Å². The summed E-state index contributed by atoms with van der Waals surface area (Å²) in [5, 5.41) is 6.79. The Morgan fingerprint density at radius 3 is 2.48 bits per heavy atom. The molecular weight excluding hydrogens is 288 g/mol. The van der Waals surface area contributed by atoms with E-state index < -0.39 is 0 Å². The molecule has 0 radical (unpaired) electrons. The number of guanidine groups is 1. The maximum absolute atomic E-state index is 5.53. The lowest BCUT2D eigenvalue weighted by atomic mass is 10.1. The van der Waals surface area contributed by atoms with E-state index in [-0.39, 0.29) is 12.1 Å². The van der Waals surface area contributed by atoms with E-state index in [2.05, 4.69) is 39.6 Å². The largest absolute Gasteiger partial charge is 0.468 e. The maximum atomic E-state index is 5.53. The first-order valence-electron chi connectivity index (χ1n) is 7.83. The van der Waals surface area contributed by atoms with E-state index in [9.17, 15) is 0 Å². The molecule has 0 fully saturated rings. The Kier molecular flexibility index (Phi) is 6.23. The first-order chi connectivity index (χ1) is 11.1. The third-order valence-electron chi connectivity index (χ3n) is 3.83. The molecule has 5 heteroatoms. The van der Waals surface area contributed by atoms with Crippen LogP contribution in [0.15, 0.2) is 58.1 Å². The number of benzene rings is 1. The third-order valence-corrected chi connectivity index (χ3v) is 3.83. The molecule has 0 bridgehead atoms. The van der Waals surface area contributed by atoms with Gasteiger partial charge in [0, 0.05) is 13.6 Å². The fourth-order valence-corrected chi connectivity index (χ4v) is 2.44. The van der Waals surface area contributed by atoms with Gasteiger partial charge in [0.25, 0.3) is 0 Å². The fourth-order valence-electron chi connectivity index (χ4n) is 2.44. The number of nitrogens with zero attached hydrogens (tertiary/aromatic N) is 2. The minimum Gasteiger partial charge on any atom is -0.468 e. The maximum Gasteiger partial charge on any atom is 0.191 e. The van der Waals surface area contributed by atoms with Crippen LogP contribution >= 0.6 is 0 Å². The molecule has 0 saturated heterocycles. The van der Waals surface area contributed by atoms with Gasteiger partial charge in [-0.05, 0) is 38.7 Å². The smallest absolute Gasteiger partial charge is 0.191 e. The molecule has 1 heterocycles. The van der Waals surface area contributed by atoms with E-state index in [1.54, 1.807) is 13.3 Å². The number of rotatable bonds is 6. The van der Waals surface area contributed by atoms with Gasteiger partial charge >= 0.3 is 0 Å². The minimum atomic E-state index is 0.149. The van der Waals surface area contributed by atoms with E-state index >= 15 is 0 Å². The van der Waals surface area contributed by atoms with Gasteiger partial charge in [-0.3, -0.25) is 9.89 Å². The van der Waals surface area contributed by atoms with E-state index in [1.807, 2.05) is 44.4 Å². The van der Waals surface area contributed by atoms with Crippen molar-refractivity contribution >= 4 is 5.96 Å². The summed E-state index contributed by atoms with van der Waals surface area (Å²) in [5.41, 5.74) is 1.23. The second-order valence-electron chi connectivity index (χ2n) is 5.72. The second-order valence-corrected chi connectivity index (χ2v) is 5.72. The van der Waals surface area contributed by atoms with E-state index in [0.717, 1.165) is 11.7 Å². The topological polar surface area (TPSA) is 52.8 Å². The van der Waals surface area contributed by atoms with Crippen molar-refractivity contribution in [2.75, 3.05) is 27.7 Å². The van der Waals surface area contributed by atoms with Gasteiger partial charge in [0.05, 0.1) is 18.3 Å². The van der Waals surface area contributed by atoms with E-state index in [1.165, 1.54) is 5.56 Å². The summed E-state index contributed by atoms with van der Waals surface area (Å²) in [6, 6.07) is 14.6. The highest BCUT2D eigenvalue weighted by molar-refractivity contribution is 5.80. The molecule has 2 aromatic rings. The van der Waals surface area contributed by atoms with Crippen LogP contribution in [-0.4, -0.2) is 38.5 Å². The van der Waals surface area contributed by atoms with Gasteiger partial charge in [-0.25, -0.2) is 0 Å². The Balaban J connectivity index is 1.94. The van der Waals surface area contributed by atoms with Crippen molar-refractivity contribution in [3.8, 4) is 0 Å². The molecule has 1 aromatic carbocycles. The standard InChI is InChI=1S/C18H26N4O/c1-14(15-9-6-5-7-10-15)21-18(19-2)20-13-16(22(3)4)17-11-8-12-23-17/h5-12,14,16H,13H2,1-4H3,(H2,19,20,21). The van der Waals surface area contributed by atoms with E-state index in [4.69, 9.17) is 4.42 Å². The first kappa shape index (κ1) is 17.1. The normalized spacial score (nSPS) is 14.6. The lowest BCUT2D eigenvalue weighted by molar-refractivity contribution is 0.258. The zero-order valence-corrected chi connectivity index (χ0v) is 14.3. The summed E-state index contributed by atoms with van der Waals surface area (Å²) in [7, 11) is 5.86. The van der Waals surface area contributed by atoms with Crippen LogP contribution in [0.25, 0.3) is 0 Å². The lowest BCUT2D eigenvalue weighted by Crippen LogP contribution is -2.42. The summed E-state index contributed by atoms with van der Waals surface area (Å²) in [6.07, 6.45) is 1.70. The average Bonchev–Trinajstić information content (AvgIpc) is 3.08. The van der Waals surface area contributed by atoms with Gasteiger partial charge in [0.1, 0.15) is 5.76 Å². The molecule has 2 unspecified atom stereocenters. The van der Waals surface area contributed by atoms with Crippen molar-refractivity contribution < 1.29 is 4.42 Å². The lowest BCUT2D eigenvalue weighted by Gasteiger charge is -2.25. The number of hydrogen-bond acceptors (Lipinski definition) is 3. The van der Waals surface area contributed by atoms with Gasteiger partial charge in [0.2, 0.25) is 0 Å². The first-order valence-corrected chi connectivity index (χ1v) is 7.83. The second kappa shape index (κ2) is 8.39. The average molecular weight is 314 g/mol. The van der Waals surface area contributed by atoms with Gasteiger partial charge < -0.3 is 15.1 Å². The van der Waals surface area contributed by atoms with Crippen LogP contribution in [0.3, 0.4) is 0 Å². The van der Waals surface area contributed by atoms with Crippen LogP contribution in [0.1, 0.15) is 30.3 Å². The molecule has 5 nitrogen and oxygen atoms in total. The molecule has 2 atom stereocenters. The molecule has 2 N–H and O–H groups in total. The van der Waals surface area contributed by atoms with Crippen molar-refractivity contribution in [3.63, 3.8) is 0 Å². The molecule has 0 spiro atoms. The van der Waals surface area contributed by atoms with Crippen LogP contribution < -0.4 is 10.6 Å². The zero-order chi connectivity index (χ0) is 16.7. The predicted molar refractivity (Wildman–Crippen MR) is 94.5 cm³/mol. The summed E-state index contributed by atoms with van der Waals surface area (Å²) < 4.78 is 5.53. The predicted octanol–water partition coefficient (Wildman–Crippen LogP) is 2.81. The van der Waals surface area contributed by atoms with Crippen LogP contribution in [0.2, 0.25) is 0 Å². The molecule has 1 aromatic heterocycles. The summed E-state index contributed by atoms with van der Waals surface area (Å²) >= 11 is 0. The Hall–Kier alpha value is -2.27. The molecule has 0 aliphatic heterocycles. The molecule has 0 aliphatic rings. The van der Waals surface area contributed by atoms with Gasteiger partial charge in [-0.15, -0.1) is 0 Å². The number of hydrogen-bond donors (Lipinski definition) is 2. The van der Waals surface area contributed by atoms with Crippen LogP contribution in [0, 0.1) is 0 Å². The molecular formula is C18H26N4O. The Morgan fingerprint density at radius 1 is 1.17 bits per heavy atom. The van der Waals surface area contributed by atoms with Crippen LogP contribution in [-0.2, 0) is 0 Å². The van der Waals surface area contributed by atoms with Crippen molar-refractivity contribution in [1.29, 1.82) is 0 Å². The Morgan fingerprint density at radius 2 is 1.91 bits per heavy atom. The molecule has 0 aliphatic carbocycles. The van der Waals surface area contributed by atoms with Crippen LogP contribution in [0.4, 0.5) is 0 Å². The quantitative estimate of drug-likeness (QED) is 0.636. The summed E-state index contributed by atoms with van der Waals surface area (Å²) in [4.78, 5) is 6.44. The highest BCUT2D eigenvalue weighted by atomic mass is 16.3.